The van der Waals surface area contributed by atoms with Gasteiger partial charge in [0.05, 0.1) is 18.3 Å². The van der Waals surface area contributed by atoms with Crippen LogP contribution in [0.3, 0.4) is 0 Å². The first-order valence-electron chi connectivity index (χ1n) is 6.62. The summed E-state index contributed by atoms with van der Waals surface area (Å²) in [6.45, 7) is 5.03. The normalized spacial score (nSPS) is 24.1. The van der Waals surface area contributed by atoms with E-state index in [0.29, 0.717) is 5.92 Å². The van der Waals surface area contributed by atoms with Gasteiger partial charge in [0, 0.05) is 25.9 Å². The van der Waals surface area contributed by atoms with Crippen molar-refractivity contribution < 1.29 is 4.74 Å². The summed E-state index contributed by atoms with van der Waals surface area (Å²) in [5.74, 6) is 0.625. The summed E-state index contributed by atoms with van der Waals surface area (Å²) in [6, 6.07) is 6.34. The van der Waals surface area contributed by atoms with E-state index < -0.39 is 0 Å². The summed E-state index contributed by atoms with van der Waals surface area (Å²) in [5, 5.41) is 0. The summed E-state index contributed by atoms with van der Waals surface area (Å²) in [5.41, 5.74) is 7.23. The Labute approximate surface area is 109 Å². The molecule has 2 rings (SSSR count). The van der Waals surface area contributed by atoms with E-state index in [4.69, 9.17) is 10.5 Å². The Morgan fingerprint density at radius 1 is 1.56 bits per heavy atom. The molecule has 18 heavy (non-hydrogen) atoms. The van der Waals surface area contributed by atoms with Crippen LogP contribution in [0.1, 0.15) is 25.1 Å². The third-order valence-electron chi connectivity index (χ3n) is 3.60. The monoisotopic (exact) mass is 249 g/mol. The van der Waals surface area contributed by atoms with E-state index in [1.807, 2.05) is 18.3 Å². The molecule has 0 amide bonds. The van der Waals surface area contributed by atoms with Crippen molar-refractivity contribution in [3.63, 3.8) is 0 Å². The van der Waals surface area contributed by atoms with Gasteiger partial charge >= 0.3 is 0 Å². The number of pyridine rings is 1. The number of hydrogen-bond acceptors (Lipinski definition) is 4. The van der Waals surface area contributed by atoms with Gasteiger partial charge in [-0.15, -0.1) is 0 Å². The molecule has 1 aliphatic heterocycles. The van der Waals surface area contributed by atoms with Crippen LogP contribution in [-0.2, 0) is 4.74 Å². The van der Waals surface area contributed by atoms with Gasteiger partial charge in [0.1, 0.15) is 0 Å². The molecule has 0 aliphatic carbocycles. The van der Waals surface area contributed by atoms with Crippen LogP contribution in [0, 0.1) is 5.92 Å². The van der Waals surface area contributed by atoms with Gasteiger partial charge in [0.2, 0.25) is 0 Å². The molecule has 0 saturated carbocycles. The predicted molar refractivity (Wildman–Crippen MR) is 72.2 cm³/mol. The fraction of sp³-hybridized carbons (Fsp3) is 0.643. The second-order valence-electron chi connectivity index (χ2n) is 5.16. The highest BCUT2D eigenvalue weighted by atomic mass is 16.5. The lowest BCUT2D eigenvalue weighted by molar-refractivity contribution is 0.142. The molecular weight excluding hydrogens is 226 g/mol. The molecule has 0 aromatic carbocycles. The van der Waals surface area contributed by atoms with Crippen molar-refractivity contribution in [3.8, 4) is 0 Å². The molecule has 3 atom stereocenters. The van der Waals surface area contributed by atoms with E-state index in [1.54, 1.807) is 7.11 Å². The number of likely N-dealkylation sites (tertiary alicyclic amines) is 1. The van der Waals surface area contributed by atoms with Crippen molar-refractivity contribution in [3.05, 3.63) is 30.1 Å². The zero-order valence-electron chi connectivity index (χ0n) is 11.2. The highest BCUT2D eigenvalue weighted by molar-refractivity contribution is 5.11. The molecule has 0 spiro atoms. The second kappa shape index (κ2) is 6.27. The minimum absolute atomic E-state index is 0.0844. The van der Waals surface area contributed by atoms with Crippen LogP contribution in [0.25, 0.3) is 0 Å². The lowest BCUT2D eigenvalue weighted by atomic mass is 10.0. The maximum atomic E-state index is 6.15. The van der Waals surface area contributed by atoms with Gasteiger partial charge in [-0.25, -0.2) is 0 Å². The molecule has 0 radical (unpaired) electrons. The number of nitrogens with zero attached hydrogens (tertiary/aromatic N) is 2. The molecule has 1 aromatic rings. The molecule has 4 nitrogen and oxygen atoms in total. The van der Waals surface area contributed by atoms with E-state index in [2.05, 4.69) is 22.9 Å². The average molecular weight is 249 g/mol. The Balaban J connectivity index is 2.08. The summed E-state index contributed by atoms with van der Waals surface area (Å²) >= 11 is 0. The van der Waals surface area contributed by atoms with Crippen molar-refractivity contribution in [2.24, 2.45) is 11.7 Å². The quantitative estimate of drug-likeness (QED) is 0.858. The van der Waals surface area contributed by atoms with Crippen molar-refractivity contribution in [2.45, 2.75) is 25.4 Å². The number of rotatable bonds is 5. The lowest BCUT2D eigenvalue weighted by Gasteiger charge is -2.30. The SMILES string of the molecule is COCC1CCN(C(c2ccccn2)C(C)N)C1. The van der Waals surface area contributed by atoms with Crippen molar-refractivity contribution in [1.82, 2.24) is 9.88 Å². The first kappa shape index (κ1) is 13.5. The Kier molecular flexibility index (Phi) is 4.69. The fourth-order valence-corrected chi connectivity index (χ4v) is 2.83. The van der Waals surface area contributed by atoms with Gasteiger partial charge in [0.25, 0.3) is 0 Å². The highest BCUT2D eigenvalue weighted by Gasteiger charge is 2.31. The number of hydrogen-bond donors (Lipinski definition) is 1. The minimum atomic E-state index is 0.0844. The Hall–Kier alpha value is -0.970. The second-order valence-corrected chi connectivity index (χ2v) is 5.16. The molecule has 3 unspecified atom stereocenters. The molecule has 1 aliphatic rings. The van der Waals surface area contributed by atoms with Gasteiger partial charge in [0.15, 0.2) is 0 Å². The molecule has 2 N–H and O–H groups in total. The minimum Gasteiger partial charge on any atom is -0.384 e. The lowest BCUT2D eigenvalue weighted by Crippen LogP contribution is -2.39. The van der Waals surface area contributed by atoms with Crippen LogP contribution in [0.5, 0.6) is 0 Å². The Bertz CT molecular complexity index is 355. The smallest absolute Gasteiger partial charge is 0.0671 e. The third kappa shape index (κ3) is 3.07. The first-order chi connectivity index (χ1) is 8.72. The molecule has 100 valence electrons. The fourth-order valence-electron chi connectivity index (χ4n) is 2.83. The largest absolute Gasteiger partial charge is 0.384 e. The molecule has 4 heteroatoms. The topological polar surface area (TPSA) is 51.4 Å². The highest BCUT2D eigenvalue weighted by Crippen LogP contribution is 2.28. The predicted octanol–water partition coefficient (Wildman–Crippen LogP) is 1.44. The van der Waals surface area contributed by atoms with Crippen LogP contribution in [-0.4, -0.2) is 42.7 Å². The van der Waals surface area contributed by atoms with Gasteiger partial charge in [-0.2, -0.15) is 0 Å². The van der Waals surface area contributed by atoms with Crippen LogP contribution < -0.4 is 5.73 Å². The van der Waals surface area contributed by atoms with Crippen molar-refractivity contribution >= 4 is 0 Å². The standard InChI is InChI=1S/C14H23N3O/c1-11(15)14(13-5-3-4-7-16-13)17-8-6-12(9-17)10-18-2/h3-5,7,11-12,14H,6,8-10,15H2,1-2H3. The molecule has 1 saturated heterocycles. The van der Waals surface area contributed by atoms with Gasteiger partial charge in [-0.05, 0) is 37.9 Å². The van der Waals surface area contributed by atoms with Crippen LogP contribution in [0.2, 0.25) is 0 Å². The molecule has 1 aromatic heterocycles. The molecule has 2 heterocycles. The molecular formula is C14H23N3O. The van der Waals surface area contributed by atoms with Crippen LogP contribution in [0.4, 0.5) is 0 Å². The number of aromatic nitrogens is 1. The third-order valence-corrected chi connectivity index (χ3v) is 3.60. The maximum absolute atomic E-state index is 6.15. The molecule has 0 bridgehead atoms. The number of methoxy groups -OCH3 is 1. The average Bonchev–Trinajstić information content (AvgIpc) is 2.79. The zero-order chi connectivity index (χ0) is 13.0. The Morgan fingerprint density at radius 2 is 2.39 bits per heavy atom. The zero-order valence-corrected chi connectivity index (χ0v) is 11.2. The van der Waals surface area contributed by atoms with Gasteiger partial charge < -0.3 is 10.5 Å². The van der Waals surface area contributed by atoms with E-state index >= 15 is 0 Å². The van der Waals surface area contributed by atoms with Crippen LogP contribution in [0.15, 0.2) is 24.4 Å². The number of nitrogens with two attached hydrogens (primary N) is 1. The van der Waals surface area contributed by atoms with Gasteiger partial charge in [-0.3, -0.25) is 9.88 Å². The summed E-state index contributed by atoms with van der Waals surface area (Å²) in [6.07, 6.45) is 3.03. The van der Waals surface area contributed by atoms with E-state index in [1.165, 1.54) is 6.42 Å². The van der Waals surface area contributed by atoms with Crippen molar-refractivity contribution in [2.75, 3.05) is 26.8 Å². The van der Waals surface area contributed by atoms with E-state index in [-0.39, 0.29) is 12.1 Å². The van der Waals surface area contributed by atoms with E-state index in [0.717, 1.165) is 25.4 Å². The Morgan fingerprint density at radius 3 is 3.00 bits per heavy atom. The number of ether oxygens (including phenoxy) is 1. The van der Waals surface area contributed by atoms with Crippen molar-refractivity contribution in [1.29, 1.82) is 0 Å². The first-order valence-corrected chi connectivity index (χ1v) is 6.62. The summed E-state index contributed by atoms with van der Waals surface area (Å²) in [4.78, 5) is 6.90. The van der Waals surface area contributed by atoms with Gasteiger partial charge in [-0.1, -0.05) is 6.07 Å². The van der Waals surface area contributed by atoms with Crippen LogP contribution >= 0.6 is 0 Å². The summed E-state index contributed by atoms with van der Waals surface area (Å²) < 4.78 is 5.25. The molecule has 1 fully saturated rings. The maximum Gasteiger partial charge on any atom is 0.0671 e. The summed E-state index contributed by atoms with van der Waals surface area (Å²) in [7, 11) is 1.77. The van der Waals surface area contributed by atoms with E-state index in [9.17, 15) is 0 Å².